The molecule has 21 heavy (non-hydrogen) atoms. The van der Waals surface area contributed by atoms with Crippen LogP contribution in [0.25, 0.3) is 0 Å². The maximum atomic E-state index is 13.0. The van der Waals surface area contributed by atoms with Crippen LogP contribution in [0.15, 0.2) is 18.2 Å². The van der Waals surface area contributed by atoms with Crippen LogP contribution in [0.5, 0.6) is 5.75 Å². The summed E-state index contributed by atoms with van der Waals surface area (Å²) in [6.45, 7) is 3.33. The molecule has 0 aromatic heterocycles. The van der Waals surface area contributed by atoms with E-state index in [4.69, 9.17) is 15.2 Å². The van der Waals surface area contributed by atoms with Gasteiger partial charge in [-0.05, 0) is 37.1 Å². The van der Waals surface area contributed by atoms with Crippen molar-refractivity contribution < 1.29 is 22.6 Å². The van der Waals surface area contributed by atoms with Crippen LogP contribution in [0, 0.1) is 0 Å². The molecule has 3 nitrogen and oxygen atoms in total. The highest BCUT2D eigenvalue weighted by Crippen LogP contribution is 2.36. The van der Waals surface area contributed by atoms with E-state index in [0.717, 1.165) is 18.9 Å². The van der Waals surface area contributed by atoms with Gasteiger partial charge in [0, 0.05) is 6.61 Å². The first-order valence-corrected chi connectivity index (χ1v) is 7.09. The van der Waals surface area contributed by atoms with Crippen LogP contribution < -0.4 is 10.5 Å². The van der Waals surface area contributed by atoms with Crippen molar-refractivity contribution in [3.05, 3.63) is 29.3 Å². The third-order valence-electron chi connectivity index (χ3n) is 2.91. The summed E-state index contributed by atoms with van der Waals surface area (Å²) in [6.07, 6.45) is -2.09. The van der Waals surface area contributed by atoms with Gasteiger partial charge in [0.25, 0.3) is 0 Å². The maximum absolute atomic E-state index is 13.0. The van der Waals surface area contributed by atoms with Crippen LogP contribution in [0.4, 0.5) is 13.2 Å². The van der Waals surface area contributed by atoms with E-state index in [0.29, 0.717) is 25.1 Å². The minimum absolute atomic E-state index is 0.100. The minimum Gasteiger partial charge on any atom is -0.491 e. The van der Waals surface area contributed by atoms with Gasteiger partial charge in [0.1, 0.15) is 12.4 Å². The third kappa shape index (κ3) is 6.35. The van der Waals surface area contributed by atoms with E-state index in [1.165, 1.54) is 6.07 Å². The monoisotopic (exact) mass is 305 g/mol. The topological polar surface area (TPSA) is 44.5 Å². The molecule has 2 N–H and O–H groups in total. The molecule has 0 saturated carbocycles. The number of rotatable bonds is 9. The Kier molecular flexibility index (Phi) is 7.53. The van der Waals surface area contributed by atoms with Crippen molar-refractivity contribution in [2.45, 2.75) is 32.4 Å². The van der Waals surface area contributed by atoms with Crippen LogP contribution in [0.2, 0.25) is 0 Å². The number of nitrogens with two attached hydrogens (primary N) is 1. The van der Waals surface area contributed by atoms with Crippen LogP contribution in [0.1, 0.15) is 30.9 Å². The Morgan fingerprint density at radius 3 is 2.52 bits per heavy atom. The Hall–Kier alpha value is -1.27. The van der Waals surface area contributed by atoms with Gasteiger partial charge < -0.3 is 15.2 Å². The second-order valence-electron chi connectivity index (χ2n) is 4.68. The lowest BCUT2D eigenvalue weighted by Gasteiger charge is -2.15. The normalized spacial score (nSPS) is 11.7. The molecule has 1 rings (SSSR count). The molecule has 1 aromatic carbocycles. The molecule has 0 atom stereocenters. The summed E-state index contributed by atoms with van der Waals surface area (Å²) in [5, 5.41) is 0. The van der Waals surface area contributed by atoms with Gasteiger partial charge in [-0.25, -0.2) is 0 Å². The second kappa shape index (κ2) is 8.89. The lowest BCUT2D eigenvalue weighted by atomic mass is 10.1. The van der Waals surface area contributed by atoms with Crippen LogP contribution in [0.3, 0.4) is 0 Å². The fourth-order valence-electron chi connectivity index (χ4n) is 1.81. The van der Waals surface area contributed by atoms with E-state index in [9.17, 15) is 13.2 Å². The molecule has 0 heterocycles. The Balaban J connectivity index is 2.63. The zero-order chi connectivity index (χ0) is 15.7. The molecular formula is C15H22F3NO2. The summed E-state index contributed by atoms with van der Waals surface area (Å²) < 4.78 is 49.5. The van der Waals surface area contributed by atoms with E-state index in [1.54, 1.807) is 6.07 Å². The Bertz CT molecular complexity index is 422. The summed E-state index contributed by atoms with van der Waals surface area (Å²) in [5.41, 5.74) is 5.16. The Morgan fingerprint density at radius 2 is 1.90 bits per heavy atom. The van der Waals surface area contributed by atoms with Gasteiger partial charge in [0.15, 0.2) is 0 Å². The molecule has 0 aliphatic rings. The largest absolute Gasteiger partial charge is 0.491 e. The van der Waals surface area contributed by atoms with E-state index in [2.05, 4.69) is 0 Å². The van der Waals surface area contributed by atoms with Gasteiger partial charge in [-0.2, -0.15) is 13.2 Å². The average Bonchev–Trinajstić information content (AvgIpc) is 2.43. The minimum atomic E-state index is -4.44. The zero-order valence-electron chi connectivity index (χ0n) is 12.2. The molecule has 0 radical (unpaired) electrons. The lowest BCUT2D eigenvalue weighted by Crippen LogP contribution is -2.13. The van der Waals surface area contributed by atoms with Crippen LogP contribution in [-0.2, 0) is 17.3 Å². The van der Waals surface area contributed by atoms with Crippen molar-refractivity contribution in [2.24, 2.45) is 5.73 Å². The van der Waals surface area contributed by atoms with Crippen LogP contribution in [-0.4, -0.2) is 26.4 Å². The van der Waals surface area contributed by atoms with E-state index < -0.39 is 11.7 Å². The Morgan fingerprint density at radius 1 is 1.14 bits per heavy atom. The first-order valence-electron chi connectivity index (χ1n) is 7.09. The van der Waals surface area contributed by atoms with Gasteiger partial charge in [-0.15, -0.1) is 0 Å². The quantitative estimate of drug-likeness (QED) is 0.711. The molecule has 0 saturated heterocycles. The molecular weight excluding hydrogens is 283 g/mol. The average molecular weight is 305 g/mol. The van der Waals surface area contributed by atoms with Crippen LogP contribution >= 0.6 is 0 Å². The number of ether oxygens (including phenoxy) is 2. The number of benzene rings is 1. The third-order valence-corrected chi connectivity index (χ3v) is 2.91. The highest BCUT2D eigenvalue weighted by Gasteiger charge is 2.34. The first-order chi connectivity index (χ1) is 9.99. The highest BCUT2D eigenvalue weighted by molar-refractivity contribution is 5.39. The standard InChI is InChI=1S/C15H22F3NO2/c1-2-3-8-20-9-10-21-14-5-4-12(6-7-19)11-13(14)15(16,17)18/h4-5,11H,2-3,6-10,19H2,1H3. The predicted molar refractivity (Wildman–Crippen MR) is 75.4 cm³/mol. The van der Waals surface area contributed by atoms with Crippen molar-refractivity contribution in [3.8, 4) is 5.75 Å². The predicted octanol–water partition coefficient (Wildman–Crippen LogP) is 3.40. The molecule has 6 heteroatoms. The summed E-state index contributed by atoms with van der Waals surface area (Å²) in [4.78, 5) is 0. The van der Waals surface area contributed by atoms with Crippen molar-refractivity contribution >= 4 is 0 Å². The lowest BCUT2D eigenvalue weighted by molar-refractivity contribution is -0.139. The number of halogens is 3. The molecule has 0 unspecified atom stereocenters. The second-order valence-corrected chi connectivity index (χ2v) is 4.68. The fourth-order valence-corrected chi connectivity index (χ4v) is 1.81. The van der Waals surface area contributed by atoms with Gasteiger partial charge in [-0.1, -0.05) is 19.4 Å². The summed E-state index contributed by atoms with van der Waals surface area (Å²) in [5.74, 6) is -0.164. The zero-order valence-corrected chi connectivity index (χ0v) is 12.2. The summed E-state index contributed by atoms with van der Waals surface area (Å²) in [7, 11) is 0. The fraction of sp³-hybridized carbons (Fsp3) is 0.600. The molecule has 0 amide bonds. The van der Waals surface area contributed by atoms with Gasteiger partial charge in [0.05, 0.1) is 12.2 Å². The van der Waals surface area contributed by atoms with Crippen molar-refractivity contribution in [2.75, 3.05) is 26.4 Å². The van der Waals surface area contributed by atoms with Crippen molar-refractivity contribution in [1.82, 2.24) is 0 Å². The number of unbranched alkanes of at least 4 members (excludes halogenated alkanes) is 1. The smallest absolute Gasteiger partial charge is 0.419 e. The van der Waals surface area contributed by atoms with Gasteiger partial charge in [-0.3, -0.25) is 0 Å². The molecule has 0 spiro atoms. The highest BCUT2D eigenvalue weighted by atomic mass is 19.4. The Labute approximate surface area is 123 Å². The SMILES string of the molecule is CCCCOCCOc1ccc(CCN)cc1C(F)(F)F. The van der Waals surface area contributed by atoms with E-state index >= 15 is 0 Å². The molecule has 0 fully saturated rings. The van der Waals surface area contributed by atoms with Gasteiger partial charge >= 0.3 is 6.18 Å². The van der Waals surface area contributed by atoms with Crippen molar-refractivity contribution in [1.29, 1.82) is 0 Å². The summed E-state index contributed by atoms with van der Waals surface area (Å²) in [6, 6.07) is 4.05. The maximum Gasteiger partial charge on any atom is 0.419 e. The van der Waals surface area contributed by atoms with E-state index in [-0.39, 0.29) is 19.0 Å². The van der Waals surface area contributed by atoms with Gasteiger partial charge in [0.2, 0.25) is 0 Å². The number of hydrogen-bond donors (Lipinski definition) is 1. The number of hydrogen-bond acceptors (Lipinski definition) is 3. The van der Waals surface area contributed by atoms with E-state index in [1.807, 2.05) is 6.92 Å². The molecule has 0 aliphatic heterocycles. The molecule has 0 bridgehead atoms. The molecule has 1 aromatic rings. The molecule has 0 aliphatic carbocycles. The summed E-state index contributed by atoms with van der Waals surface area (Å²) >= 11 is 0. The van der Waals surface area contributed by atoms with Crippen molar-refractivity contribution in [3.63, 3.8) is 0 Å². The molecule has 120 valence electrons. The number of alkyl halides is 3. The first kappa shape index (κ1) is 17.8.